The van der Waals surface area contributed by atoms with Gasteiger partial charge in [0, 0.05) is 30.6 Å². The van der Waals surface area contributed by atoms with Gasteiger partial charge in [-0.05, 0) is 31.2 Å². The Balaban J connectivity index is 1.98. The summed E-state index contributed by atoms with van der Waals surface area (Å²) in [5.41, 5.74) is 1.91. The maximum Gasteiger partial charge on any atom is 0.335 e. The average molecular weight is 257 g/mol. The first-order valence-electron chi connectivity index (χ1n) is 6.01. The zero-order valence-electron chi connectivity index (χ0n) is 10.6. The summed E-state index contributed by atoms with van der Waals surface area (Å²) in [7, 11) is 0. The molecule has 0 amide bonds. The van der Waals surface area contributed by atoms with Crippen LogP contribution in [0.3, 0.4) is 0 Å². The number of aromatic carboxylic acids is 1. The van der Waals surface area contributed by atoms with E-state index < -0.39 is 5.97 Å². The lowest BCUT2D eigenvalue weighted by Gasteiger charge is -2.07. The van der Waals surface area contributed by atoms with Crippen LogP contribution < -0.4 is 5.32 Å². The zero-order chi connectivity index (χ0) is 13.7. The van der Waals surface area contributed by atoms with Crippen LogP contribution in [0.1, 0.15) is 21.7 Å². The molecule has 2 aromatic rings. The summed E-state index contributed by atoms with van der Waals surface area (Å²) in [6.07, 6.45) is 2.52. The third-order valence-corrected chi connectivity index (χ3v) is 2.61. The molecule has 0 aliphatic rings. The van der Waals surface area contributed by atoms with E-state index >= 15 is 0 Å². The molecule has 0 aromatic carbocycles. The highest BCUT2D eigenvalue weighted by atomic mass is 16.4. The Hall–Kier alpha value is -2.43. The number of nitrogens with one attached hydrogen (secondary N) is 1. The largest absolute Gasteiger partial charge is 0.478 e. The van der Waals surface area contributed by atoms with Gasteiger partial charge < -0.3 is 10.4 Å². The molecule has 2 heterocycles. The molecule has 0 aliphatic carbocycles. The fraction of sp³-hybridized carbons (Fsp3) is 0.214. The van der Waals surface area contributed by atoms with Crippen molar-refractivity contribution in [3.8, 4) is 0 Å². The van der Waals surface area contributed by atoms with Gasteiger partial charge in [-0.2, -0.15) is 0 Å². The Morgan fingerprint density at radius 1 is 1.37 bits per heavy atom. The number of anilines is 1. The number of carboxylic acids is 1. The molecule has 0 aliphatic heterocycles. The number of aromatic nitrogens is 2. The van der Waals surface area contributed by atoms with Crippen LogP contribution >= 0.6 is 0 Å². The van der Waals surface area contributed by atoms with Gasteiger partial charge in [-0.25, -0.2) is 9.78 Å². The number of pyridine rings is 2. The van der Waals surface area contributed by atoms with Crippen molar-refractivity contribution in [1.82, 2.24) is 9.97 Å². The first-order valence-corrected chi connectivity index (χ1v) is 6.01. The minimum atomic E-state index is -0.946. The molecule has 19 heavy (non-hydrogen) atoms. The Labute approximate surface area is 111 Å². The lowest BCUT2D eigenvalue weighted by molar-refractivity contribution is 0.0696. The van der Waals surface area contributed by atoms with E-state index in [2.05, 4.69) is 15.3 Å². The van der Waals surface area contributed by atoms with Crippen LogP contribution in [0.5, 0.6) is 0 Å². The number of hydrogen-bond donors (Lipinski definition) is 2. The predicted molar refractivity (Wildman–Crippen MR) is 72.4 cm³/mol. The van der Waals surface area contributed by atoms with Gasteiger partial charge in [0.25, 0.3) is 0 Å². The van der Waals surface area contributed by atoms with Crippen molar-refractivity contribution in [2.24, 2.45) is 0 Å². The Morgan fingerprint density at radius 2 is 2.21 bits per heavy atom. The van der Waals surface area contributed by atoms with E-state index in [1.54, 1.807) is 19.2 Å². The number of carboxylic acid groups (broad SMARTS) is 1. The summed E-state index contributed by atoms with van der Waals surface area (Å²) in [5, 5.41) is 12.1. The number of hydrogen-bond acceptors (Lipinski definition) is 4. The van der Waals surface area contributed by atoms with E-state index in [0.717, 1.165) is 12.1 Å². The molecule has 0 radical (unpaired) electrons. The first kappa shape index (κ1) is 13.0. The van der Waals surface area contributed by atoms with E-state index in [4.69, 9.17) is 5.11 Å². The molecule has 0 unspecified atom stereocenters. The lowest BCUT2D eigenvalue weighted by Crippen LogP contribution is -2.09. The number of rotatable bonds is 5. The van der Waals surface area contributed by atoms with Crippen molar-refractivity contribution >= 4 is 11.8 Å². The SMILES string of the molecule is Cc1cc(C(=O)O)cc(NCCc2ccccn2)n1. The Morgan fingerprint density at radius 3 is 2.89 bits per heavy atom. The van der Waals surface area contributed by atoms with E-state index in [9.17, 15) is 4.79 Å². The number of nitrogens with zero attached hydrogens (tertiary/aromatic N) is 2. The van der Waals surface area contributed by atoms with Crippen LogP contribution in [0.15, 0.2) is 36.5 Å². The summed E-state index contributed by atoms with van der Waals surface area (Å²) >= 11 is 0. The fourth-order valence-corrected chi connectivity index (χ4v) is 1.75. The lowest BCUT2D eigenvalue weighted by atomic mass is 10.2. The van der Waals surface area contributed by atoms with Crippen LogP contribution in [0.25, 0.3) is 0 Å². The van der Waals surface area contributed by atoms with Crippen molar-refractivity contribution in [3.63, 3.8) is 0 Å². The van der Waals surface area contributed by atoms with Crippen LogP contribution in [-0.2, 0) is 6.42 Å². The quantitative estimate of drug-likeness (QED) is 0.858. The molecule has 5 heteroatoms. The highest BCUT2D eigenvalue weighted by Crippen LogP contribution is 2.10. The standard InChI is InChI=1S/C14H15N3O2/c1-10-8-11(14(18)19)9-13(17-10)16-7-5-12-4-2-3-6-15-12/h2-4,6,8-9H,5,7H2,1H3,(H,16,17)(H,18,19). The Bertz CT molecular complexity index is 570. The van der Waals surface area contributed by atoms with Crippen LogP contribution in [-0.4, -0.2) is 27.6 Å². The molecule has 5 nitrogen and oxygen atoms in total. The van der Waals surface area contributed by atoms with Crippen LogP contribution in [0.4, 0.5) is 5.82 Å². The second kappa shape index (κ2) is 5.95. The molecule has 98 valence electrons. The van der Waals surface area contributed by atoms with Gasteiger partial charge >= 0.3 is 5.97 Å². The van der Waals surface area contributed by atoms with Crippen molar-refractivity contribution in [2.45, 2.75) is 13.3 Å². The molecule has 0 atom stereocenters. The summed E-state index contributed by atoms with van der Waals surface area (Å²) < 4.78 is 0. The van der Waals surface area contributed by atoms with Crippen molar-refractivity contribution in [2.75, 3.05) is 11.9 Å². The third-order valence-electron chi connectivity index (χ3n) is 2.61. The minimum absolute atomic E-state index is 0.243. The number of aryl methyl sites for hydroxylation is 1. The molecule has 0 fully saturated rings. The van der Waals surface area contributed by atoms with Crippen LogP contribution in [0.2, 0.25) is 0 Å². The summed E-state index contributed by atoms with van der Waals surface area (Å²) in [6, 6.07) is 8.85. The van der Waals surface area contributed by atoms with Gasteiger partial charge in [-0.3, -0.25) is 4.98 Å². The van der Waals surface area contributed by atoms with Gasteiger partial charge in [0.2, 0.25) is 0 Å². The highest BCUT2D eigenvalue weighted by molar-refractivity contribution is 5.88. The van der Waals surface area contributed by atoms with Crippen LogP contribution in [0, 0.1) is 6.92 Å². The smallest absolute Gasteiger partial charge is 0.335 e. The fourth-order valence-electron chi connectivity index (χ4n) is 1.75. The second-order valence-corrected chi connectivity index (χ2v) is 4.19. The Kier molecular flexibility index (Phi) is 4.07. The molecule has 0 spiro atoms. The van der Waals surface area contributed by atoms with Gasteiger partial charge in [0.15, 0.2) is 0 Å². The van der Waals surface area contributed by atoms with Gasteiger partial charge in [-0.15, -0.1) is 0 Å². The average Bonchev–Trinajstić information content (AvgIpc) is 2.39. The summed E-state index contributed by atoms with van der Waals surface area (Å²) in [4.78, 5) is 19.4. The maximum atomic E-state index is 10.9. The summed E-state index contributed by atoms with van der Waals surface area (Å²) in [5.74, 6) is -0.369. The van der Waals surface area contributed by atoms with Crippen molar-refractivity contribution in [1.29, 1.82) is 0 Å². The monoisotopic (exact) mass is 257 g/mol. The molecule has 0 saturated carbocycles. The molecule has 0 saturated heterocycles. The molecule has 2 aromatic heterocycles. The van der Waals surface area contributed by atoms with E-state index in [-0.39, 0.29) is 5.56 Å². The van der Waals surface area contributed by atoms with Gasteiger partial charge in [0.1, 0.15) is 5.82 Å². The molecule has 2 N–H and O–H groups in total. The molecular formula is C14H15N3O2. The van der Waals surface area contributed by atoms with E-state index in [0.29, 0.717) is 18.1 Å². The zero-order valence-corrected chi connectivity index (χ0v) is 10.6. The number of carbonyl (C=O) groups is 1. The highest BCUT2D eigenvalue weighted by Gasteiger charge is 2.06. The minimum Gasteiger partial charge on any atom is -0.478 e. The predicted octanol–water partition coefficient (Wildman–Crippen LogP) is 2.14. The molecule has 0 bridgehead atoms. The topological polar surface area (TPSA) is 75.1 Å². The van der Waals surface area contributed by atoms with Gasteiger partial charge in [-0.1, -0.05) is 6.07 Å². The van der Waals surface area contributed by atoms with E-state index in [1.165, 1.54) is 6.07 Å². The molecule has 2 rings (SSSR count). The third kappa shape index (κ3) is 3.77. The van der Waals surface area contributed by atoms with Crippen molar-refractivity contribution in [3.05, 3.63) is 53.5 Å². The molecular weight excluding hydrogens is 242 g/mol. The maximum absolute atomic E-state index is 10.9. The summed E-state index contributed by atoms with van der Waals surface area (Å²) in [6.45, 7) is 2.43. The normalized spacial score (nSPS) is 10.2. The van der Waals surface area contributed by atoms with E-state index in [1.807, 2.05) is 18.2 Å². The van der Waals surface area contributed by atoms with Crippen molar-refractivity contribution < 1.29 is 9.90 Å². The second-order valence-electron chi connectivity index (χ2n) is 4.19. The van der Waals surface area contributed by atoms with Gasteiger partial charge in [0.05, 0.1) is 5.56 Å². The first-order chi connectivity index (χ1) is 9.15.